The summed E-state index contributed by atoms with van der Waals surface area (Å²) >= 11 is 0. The number of carbonyl (C=O) groups is 1. The van der Waals surface area contributed by atoms with E-state index in [-0.39, 0.29) is 25.1 Å². The Morgan fingerprint density at radius 3 is 2.44 bits per heavy atom. The van der Waals surface area contributed by atoms with Crippen molar-refractivity contribution >= 4 is 16.0 Å². The number of nitrogens with one attached hydrogen (secondary N) is 1. The molecule has 1 aliphatic carbocycles. The van der Waals surface area contributed by atoms with Gasteiger partial charge in [-0.1, -0.05) is 0 Å². The average Bonchev–Trinajstić information content (AvgIpc) is 2.11. The van der Waals surface area contributed by atoms with E-state index >= 15 is 0 Å². The van der Waals surface area contributed by atoms with Crippen LogP contribution in [-0.4, -0.2) is 42.5 Å². The molecule has 0 unspecified atom stereocenters. The van der Waals surface area contributed by atoms with Crippen LogP contribution < -0.4 is 4.72 Å². The summed E-state index contributed by atoms with van der Waals surface area (Å²) in [5.41, 5.74) is -0.889. The lowest BCUT2D eigenvalue weighted by atomic mass is 9.81. The molecular weight excluding hydrogens is 234 g/mol. The molecule has 0 aliphatic heterocycles. The highest BCUT2D eigenvalue weighted by atomic mass is 32.2. The number of sulfonamides is 1. The lowest BCUT2D eigenvalue weighted by molar-refractivity contribution is -0.137. The minimum atomic E-state index is -3.46. The molecular formula is C9H17NO5S. The van der Waals surface area contributed by atoms with Crippen molar-refractivity contribution in [2.75, 3.05) is 12.3 Å². The standard InChI is InChI=1S/C9H17NO5S/c11-8(12)3-1-6-16(14,15)10-7-9(13)4-2-5-9/h10,13H,1-7H2,(H,11,12). The van der Waals surface area contributed by atoms with Crippen molar-refractivity contribution in [3.05, 3.63) is 0 Å². The van der Waals surface area contributed by atoms with Gasteiger partial charge in [0.15, 0.2) is 0 Å². The van der Waals surface area contributed by atoms with Crippen molar-refractivity contribution in [2.24, 2.45) is 0 Å². The molecule has 1 aliphatic rings. The van der Waals surface area contributed by atoms with Crippen molar-refractivity contribution in [1.29, 1.82) is 0 Å². The second-order valence-electron chi connectivity index (χ2n) is 4.22. The predicted octanol–water partition coefficient (Wildman–Crippen LogP) is -0.314. The first kappa shape index (κ1) is 13.4. The van der Waals surface area contributed by atoms with Gasteiger partial charge in [-0.15, -0.1) is 0 Å². The fourth-order valence-corrected chi connectivity index (χ4v) is 2.65. The van der Waals surface area contributed by atoms with Crippen LogP contribution in [0.5, 0.6) is 0 Å². The number of rotatable bonds is 7. The summed E-state index contributed by atoms with van der Waals surface area (Å²) in [7, 11) is -3.46. The van der Waals surface area contributed by atoms with Crippen molar-refractivity contribution in [1.82, 2.24) is 4.72 Å². The molecule has 1 rings (SSSR count). The van der Waals surface area contributed by atoms with Gasteiger partial charge < -0.3 is 10.2 Å². The predicted molar refractivity (Wildman–Crippen MR) is 57.5 cm³/mol. The van der Waals surface area contributed by atoms with Crippen LogP contribution in [0.15, 0.2) is 0 Å². The maximum atomic E-state index is 11.4. The minimum Gasteiger partial charge on any atom is -0.481 e. The molecule has 1 saturated carbocycles. The van der Waals surface area contributed by atoms with Gasteiger partial charge in [-0.2, -0.15) is 0 Å². The highest BCUT2D eigenvalue weighted by molar-refractivity contribution is 7.89. The molecule has 0 atom stereocenters. The molecule has 1 fully saturated rings. The third-order valence-corrected chi connectivity index (χ3v) is 4.12. The number of aliphatic carboxylic acids is 1. The highest BCUT2D eigenvalue weighted by Crippen LogP contribution is 2.30. The Balaban J connectivity index is 2.25. The quantitative estimate of drug-likeness (QED) is 0.575. The fourth-order valence-electron chi connectivity index (χ4n) is 1.49. The normalized spacial score (nSPS) is 19.1. The Labute approximate surface area is 94.7 Å². The Kier molecular flexibility index (Phi) is 4.28. The van der Waals surface area contributed by atoms with Gasteiger partial charge in [0.05, 0.1) is 11.4 Å². The molecule has 0 aromatic heterocycles. The van der Waals surface area contributed by atoms with Crippen LogP contribution >= 0.6 is 0 Å². The van der Waals surface area contributed by atoms with E-state index in [0.717, 1.165) is 6.42 Å². The summed E-state index contributed by atoms with van der Waals surface area (Å²) < 4.78 is 25.1. The summed E-state index contributed by atoms with van der Waals surface area (Å²) in [6.07, 6.45) is 2.07. The van der Waals surface area contributed by atoms with Crippen molar-refractivity contribution < 1.29 is 23.4 Å². The van der Waals surface area contributed by atoms with Crippen LogP contribution in [0.1, 0.15) is 32.1 Å². The first-order valence-electron chi connectivity index (χ1n) is 5.25. The molecule has 7 heteroatoms. The van der Waals surface area contributed by atoms with E-state index in [9.17, 15) is 18.3 Å². The van der Waals surface area contributed by atoms with E-state index < -0.39 is 21.6 Å². The largest absolute Gasteiger partial charge is 0.481 e. The van der Waals surface area contributed by atoms with Crippen molar-refractivity contribution in [2.45, 2.75) is 37.7 Å². The number of carboxylic acid groups (broad SMARTS) is 1. The third kappa shape index (κ3) is 4.46. The lowest BCUT2D eigenvalue weighted by Gasteiger charge is -2.36. The summed E-state index contributed by atoms with van der Waals surface area (Å²) in [4.78, 5) is 10.2. The molecule has 94 valence electrons. The Bertz CT molecular complexity index is 347. The van der Waals surface area contributed by atoms with E-state index in [2.05, 4.69) is 4.72 Å². The SMILES string of the molecule is O=C(O)CCCS(=O)(=O)NCC1(O)CCC1. The Morgan fingerprint density at radius 2 is 2.00 bits per heavy atom. The van der Waals surface area contributed by atoms with Gasteiger partial charge >= 0.3 is 5.97 Å². The van der Waals surface area contributed by atoms with Gasteiger partial charge in [0, 0.05) is 13.0 Å². The number of hydrogen-bond acceptors (Lipinski definition) is 4. The fraction of sp³-hybridized carbons (Fsp3) is 0.889. The van der Waals surface area contributed by atoms with Gasteiger partial charge in [0.2, 0.25) is 10.0 Å². The first-order chi connectivity index (χ1) is 7.33. The number of hydrogen-bond donors (Lipinski definition) is 3. The maximum absolute atomic E-state index is 11.4. The Morgan fingerprint density at radius 1 is 1.38 bits per heavy atom. The first-order valence-corrected chi connectivity index (χ1v) is 6.90. The van der Waals surface area contributed by atoms with E-state index in [1.165, 1.54) is 0 Å². The van der Waals surface area contributed by atoms with Crippen LogP contribution in [0, 0.1) is 0 Å². The van der Waals surface area contributed by atoms with Gasteiger partial charge in [-0.05, 0) is 25.7 Å². The topological polar surface area (TPSA) is 104 Å². The Hall–Kier alpha value is -0.660. The van der Waals surface area contributed by atoms with Gasteiger partial charge in [0.1, 0.15) is 0 Å². The number of aliphatic hydroxyl groups is 1. The highest BCUT2D eigenvalue weighted by Gasteiger charge is 2.35. The van der Waals surface area contributed by atoms with Crippen LogP contribution in [0.25, 0.3) is 0 Å². The third-order valence-electron chi connectivity index (χ3n) is 2.71. The van der Waals surface area contributed by atoms with Crippen LogP contribution in [0.2, 0.25) is 0 Å². The zero-order valence-electron chi connectivity index (χ0n) is 8.98. The van der Waals surface area contributed by atoms with Crippen molar-refractivity contribution in [3.8, 4) is 0 Å². The minimum absolute atomic E-state index is 0.0302. The smallest absolute Gasteiger partial charge is 0.303 e. The maximum Gasteiger partial charge on any atom is 0.303 e. The van der Waals surface area contributed by atoms with E-state index in [4.69, 9.17) is 5.11 Å². The molecule has 16 heavy (non-hydrogen) atoms. The lowest BCUT2D eigenvalue weighted by Crippen LogP contribution is -2.48. The average molecular weight is 251 g/mol. The van der Waals surface area contributed by atoms with E-state index in [1.54, 1.807) is 0 Å². The van der Waals surface area contributed by atoms with Crippen molar-refractivity contribution in [3.63, 3.8) is 0 Å². The molecule has 3 N–H and O–H groups in total. The van der Waals surface area contributed by atoms with Gasteiger partial charge in [-0.25, -0.2) is 13.1 Å². The monoisotopic (exact) mass is 251 g/mol. The molecule has 0 aromatic rings. The number of carboxylic acids is 1. The summed E-state index contributed by atoms with van der Waals surface area (Å²) in [6, 6.07) is 0. The van der Waals surface area contributed by atoms with Crippen LogP contribution in [0.3, 0.4) is 0 Å². The zero-order chi connectivity index (χ0) is 12.2. The van der Waals surface area contributed by atoms with E-state index in [1.807, 2.05) is 0 Å². The molecule has 0 spiro atoms. The molecule has 0 amide bonds. The second-order valence-corrected chi connectivity index (χ2v) is 6.14. The second kappa shape index (κ2) is 5.11. The summed E-state index contributed by atoms with van der Waals surface area (Å²) in [5.74, 6) is -1.22. The van der Waals surface area contributed by atoms with Gasteiger partial charge in [0.25, 0.3) is 0 Å². The van der Waals surface area contributed by atoms with Crippen LogP contribution in [0.4, 0.5) is 0 Å². The zero-order valence-corrected chi connectivity index (χ0v) is 9.79. The molecule has 0 radical (unpaired) electrons. The summed E-state index contributed by atoms with van der Waals surface area (Å²) in [5, 5.41) is 18.0. The van der Waals surface area contributed by atoms with E-state index in [0.29, 0.717) is 12.8 Å². The molecule has 0 saturated heterocycles. The molecule has 0 aromatic carbocycles. The molecule has 0 heterocycles. The molecule has 0 bridgehead atoms. The van der Waals surface area contributed by atoms with Gasteiger partial charge in [-0.3, -0.25) is 4.79 Å². The summed E-state index contributed by atoms with van der Waals surface area (Å²) in [6.45, 7) is 0.0302. The molecule has 6 nitrogen and oxygen atoms in total. The van der Waals surface area contributed by atoms with Crippen LogP contribution in [-0.2, 0) is 14.8 Å².